The van der Waals surface area contributed by atoms with Gasteiger partial charge in [-0.3, -0.25) is 0 Å². The first-order chi connectivity index (χ1) is 11.3. The monoisotopic (exact) mass is 310 g/mol. The Hall–Kier alpha value is -2.68. The lowest BCUT2D eigenvalue weighted by molar-refractivity contribution is 0.0517. The van der Waals surface area contributed by atoms with Crippen molar-refractivity contribution < 1.29 is 9.53 Å². The Morgan fingerprint density at radius 3 is 3.09 bits per heavy atom. The molecule has 0 radical (unpaired) electrons. The van der Waals surface area contributed by atoms with Crippen LogP contribution in [0.5, 0.6) is 0 Å². The third-order valence-electron chi connectivity index (χ3n) is 4.07. The zero-order chi connectivity index (χ0) is 16.2. The summed E-state index contributed by atoms with van der Waals surface area (Å²) >= 11 is 0. The number of aromatic nitrogens is 3. The van der Waals surface area contributed by atoms with Crippen LogP contribution in [-0.2, 0) is 11.2 Å². The zero-order valence-corrected chi connectivity index (χ0v) is 13.0. The highest BCUT2D eigenvalue weighted by Crippen LogP contribution is 2.37. The van der Waals surface area contributed by atoms with Crippen LogP contribution in [-0.4, -0.2) is 27.3 Å². The van der Waals surface area contributed by atoms with Crippen molar-refractivity contribution in [3.8, 4) is 11.9 Å². The number of hydrogen-bond acceptors (Lipinski definition) is 5. The van der Waals surface area contributed by atoms with Gasteiger partial charge in [0.25, 0.3) is 0 Å². The first kappa shape index (κ1) is 15.2. The third-order valence-corrected chi connectivity index (χ3v) is 4.07. The Kier molecular flexibility index (Phi) is 4.38. The van der Waals surface area contributed by atoms with E-state index in [1.165, 1.54) is 0 Å². The second-order valence-corrected chi connectivity index (χ2v) is 5.48. The van der Waals surface area contributed by atoms with E-state index in [1.54, 1.807) is 17.8 Å². The van der Waals surface area contributed by atoms with E-state index in [0.717, 1.165) is 30.5 Å². The van der Waals surface area contributed by atoms with Gasteiger partial charge in [0.15, 0.2) is 11.5 Å². The zero-order valence-electron chi connectivity index (χ0n) is 13.0. The predicted molar refractivity (Wildman–Crippen MR) is 83.2 cm³/mol. The van der Waals surface area contributed by atoms with E-state index in [0.29, 0.717) is 24.5 Å². The molecule has 1 atom stereocenters. The Morgan fingerprint density at radius 2 is 2.39 bits per heavy atom. The number of rotatable bonds is 4. The van der Waals surface area contributed by atoms with Gasteiger partial charge in [-0.2, -0.15) is 10.4 Å². The number of pyridine rings is 1. The standard InChI is InChI=1S/C17H18N4O2/c1-2-23-17(22)16-15-12(9-10-18)6-5-7-13(15)21(20-16)14-8-3-4-11-19-14/h3-4,8,11-12H,2,5-7,9H2,1H3. The molecule has 2 aromatic heterocycles. The van der Waals surface area contributed by atoms with Crippen molar-refractivity contribution in [1.82, 2.24) is 14.8 Å². The number of fused-ring (bicyclic) bond motifs is 1. The van der Waals surface area contributed by atoms with Crippen LogP contribution < -0.4 is 0 Å². The minimum absolute atomic E-state index is 0.0284. The number of nitriles is 1. The minimum atomic E-state index is -0.428. The molecule has 1 aliphatic carbocycles. The average molecular weight is 310 g/mol. The van der Waals surface area contributed by atoms with Crippen LogP contribution in [0.15, 0.2) is 24.4 Å². The number of esters is 1. The molecular weight excluding hydrogens is 292 g/mol. The van der Waals surface area contributed by atoms with Gasteiger partial charge >= 0.3 is 5.97 Å². The summed E-state index contributed by atoms with van der Waals surface area (Å²) < 4.78 is 6.88. The van der Waals surface area contributed by atoms with Crippen molar-refractivity contribution in [2.24, 2.45) is 0 Å². The normalized spacial score (nSPS) is 16.4. The quantitative estimate of drug-likeness (QED) is 0.811. The smallest absolute Gasteiger partial charge is 0.359 e. The van der Waals surface area contributed by atoms with Gasteiger partial charge in [-0.15, -0.1) is 0 Å². The molecule has 0 aromatic carbocycles. The lowest BCUT2D eigenvalue weighted by Crippen LogP contribution is -2.15. The highest BCUT2D eigenvalue weighted by atomic mass is 16.5. The highest BCUT2D eigenvalue weighted by Gasteiger charge is 2.32. The maximum absolute atomic E-state index is 12.3. The van der Waals surface area contributed by atoms with E-state index in [9.17, 15) is 4.79 Å². The first-order valence-electron chi connectivity index (χ1n) is 7.83. The van der Waals surface area contributed by atoms with Crippen molar-refractivity contribution in [3.63, 3.8) is 0 Å². The summed E-state index contributed by atoms with van der Waals surface area (Å²) in [5.74, 6) is 0.279. The molecule has 2 aromatic rings. The molecule has 0 fully saturated rings. The largest absolute Gasteiger partial charge is 0.461 e. The molecule has 3 rings (SSSR count). The van der Waals surface area contributed by atoms with Crippen LogP contribution in [0.1, 0.15) is 53.8 Å². The van der Waals surface area contributed by atoms with Crippen molar-refractivity contribution in [1.29, 1.82) is 5.26 Å². The molecule has 0 saturated heterocycles. The molecule has 6 nitrogen and oxygen atoms in total. The summed E-state index contributed by atoms with van der Waals surface area (Å²) in [6, 6.07) is 7.80. The SMILES string of the molecule is CCOC(=O)c1nn(-c2ccccn2)c2c1C(CC#N)CCC2. The van der Waals surface area contributed by atoms with E-state index in [1.807, 2.05) is 18.2 Å². The Labute approximate surface area is 134 Å². The Morgan fingerprint density at radius 1 is 1.52 bits per heavy atom. The van der Waals surface area contributed by atoms with E-state index in [2.05, 4.69) is 16.2 Å². The number of carbonyl (C=O) groups excluding carboxylic acids is 1. The fourth-order valence-electron chi connectivity index (χ4n) is 3.13. The molecule has 0 amide bonds. The molecule has 2 heterocycles. The number of nitrogens with zero attached hydrogens (tertiary/aromatic N) is 4. The van der Waals surface area contributed by atoms with Gasteiger partial charge in [0.2, 0.25) is 0 Å². The fourth-order valence-corrected chi connectivity index (χ4v) is 3.13. The van der Waals surface area contributed by atoms with Gasteiger partial charge in [0, 0.05) is 24.1 Å². The summed E-state index contributed by atoms with van der Waals surface area (Å²) in [6.07, 6.45) is 4.76. The average Bonchev–Trinajstić information content (AvgIpc) is 2.97. The minimum Gasteiger partial charge on any atom is -0.461 e. The summed E-state index contributed by atoms with van der Waals surface area (Å²) in [5.41, 5.74) is 2.16. The van der Waals surface area contributed by atoms with Crippen LogP contribution in [0.4, 0.5) is 0 Å². The van der Waals surface area contributed by atoms with Gasteiger partial charge in [0.1, 0.15) is 0 Å². The van der Waals surface area contributed by atoms with Gasteiger partial charge in [-0.1, -0.05) is 6.07 Å². The molecule has 0 bridgehead atoms. The molecule has 1 unspecified atom stereocenters. The molecule has 6 heteroatoms. The highest BCUT2D eigenvalue weighted by molar-refractivity contribution is 5.89. The topological polar surface area (TPSA) is 80.8 Å². The molecular formula is C17H18N4O2. The number of carbonyl (C=O) groups is 1. The third kappa shape index (κ3) is 2.82. The van der Waals surface area contributed by atoms with Crippen LogP contribution in [0.25, 0.3) is 5.82 Å². The Bertz CT molecular complexity index is 746. The van der Waals surface area contributed by atoms with E-state index < -0.39 is 5.97 Å². The summed E-state index contributed by atoms with van der Waals surface area (Å²) in [4.78, 5) is 16.6. The summed E-state index contributed by atoms with van der Waals surface area (Å²) in [7, 11) is 0. The summed E-state index contributed by atoms with van der Waals surface area (Å²) in [6.45, 7) is 2.07. The van der Waals surface area contributed by atoms with Crippen LogP contribution in [0.2, 0.25) is 0 Å². The van der Waals surface area contributed by atoms with Crippen LogP contribution in [0.3, 0.4) is 0 Å². The number of ether oxygens (including phenoxy) is 1. The summed E-state index contributed by atoms with van der Waals surface area (Å²) in [5, 5.41) is 13.6. The van der Waals surface area contributed by atoms with Gasteiger partial charge in [-0.05, 0) is 38.3 Å². The number of hydrogen-bond donors (Lipinski definition) is 0. The van der Waals surface area contributed by atoms with Crippen molar-refractivity contribution >= 4 is 5.97 Å². The van der Waals surface area contributed by atoms with Gasteiger partial charge < -0.3 is 4.74 Å². The van der Waals surface area contributed by atoms with E-state index >= 15 is 0 Å². The van der Waals surface area contributed by atoms with Crippen molar-refractivity contribution in [2.75, 3.05) is 6.61 Å². The van der Waals surface area contributed by atoms with E-state index in [4.69, 9.17) is 10.00 Å². The molecule has 0 aliphatic heterocycles. The second kappa shape index (κ2) is 6.61. The van der Waals surface area contributed by atoms with Crippen molar-refractivity contribution in [3.05, 3.63) is 41.3 Å². The van der Waals surface area contributed by atoms with Crippen LogP contribution in [0, 0.1) is 11.3 Å². The molecule has 0 spiro atoms. The lowest BCUT2D eigenvalue weighted by atomic mass is 9.83. The lowest BCUT2D eigenvalue weighted by Gasteiger charge is -2.21. The Balaban J connectivity index is 2.15. The van der Waals surface area contributed by atoms with Crippen molar-refractivity contribution in [2.45, 2.75) is 38.5 Å². The molecule has 0 N–H and O–H groups in total. The van der Waals surface area contributed by atoms with Gasteiger partial charge in [0.05, 0.1) is 18.4 Å². The van der Waals surface area contributed by atoms with Crippen LogP contribution >= 0.6 is 0 Å². The molecule has 23 heavy (non-hydrogen) atoms. The second-order valence-electron chi connectivity index (χ2n) is 5.48. The fraction of sp³-hybridized carbons (Fsp3) is 0.412. The predicted octanol–water partition coefficient (Wildman–Crippen LogP) is 2.78. The maximum Gasteiger partial charge on any atom is 0.359 e. The molecule has 118 valence electrons. The van der Waals surface area contributed by atoms with E-state index in [-0.39, 0.29) is 5.92 Å². The maximum atomic E-state index is 12.3. The molecule has 1 aliphatic rings. The first-order valence-corrected chi connectivity index (χ1v) is 7.83. The van der Waals surface area contributed by atoms with Gasteiger partial charge in [-0.25, -0.2) is 14.5 Å². The molecule has 0 saturated carbocycles.